The second-order valence-corrected chi connectivity index (χ2v) is 3.64. The smallest absolute Gasteiger partial charge is 0.300 e. The summed E-state index contributed by atoms with van der Waals surface area (Å²) in [6.07, 6.45) is 2.21. The number of hydrogen-bond acceptors (Lipinski definition) is 3. The van der Waals surface area contributed by atoms with Gasteiger partial charge in [-0.2, -0.15) is 0 Å². The van der Waals surface area contributed by atoms with Crippen LogP contribution in [-0.2, 0) is 9.53 Å². The molecular formula is C10H22O4. The lowest BCUT2D eigenvalue weighted by Crippen LogP contribution is -2.29. The van der Waals surface area contributed by atoms with Gasteiger partial charge in [0.2, 0.25) is 0 Å². The van der Waals surface area contributed by atoms with Crippen LogP contribution in [0.2, 0.25) is 0 Å². The largest absolute Gasteiger partial charge is 0.481 e. The highest BCUT2D eigenvalue weighted by atomic mass is 16.5. The fourth-order valence-electron chi connectivity index (χ4n) is 0.538. The van der Waals surface area contributed by atoms with Crippen LogP contribution in [0.4, 0.5) is 0 Å². The molecule has 4 heteroatoms. The van der Waals surface area contributed by atoms with Crippen LogP contribution in [-0.4, -0.2) is 35.0 Å². The Bertz CT molecular complexity index is 139. The summed E-state index contributed by atoms with van der Waals surface area (Å²) in [5.74, 6) is -0.833. The molecule has 2 N–H and O–H groups in total. The van der Waals surface area contributed by atoms with Gasteiger partial charge in [0.15, 0.2) is 0 Å². The van der Waals surface area contributed by atoms with Gasteiger partial charge in [-0.25, -0.2) is 0 Å². The molecule has 0 aromatic rings. The van der Waals surface area contributed by atoms with E-state index in [1.165, 1.54) is 0 Å². The van der Waals surface area contributed by atoms with E-state index in [4.69, 9.17) is 19.7 Å². The Hall–Kier alpha value is -0.610. The summed E-state index contributed by atoms with van der Waals surface area (Å²) in [5.41, 5.74) is -0.352. The number of carbonyl (C=O) groups is 1. The Morgan fingerprint density at radius 2 is 1.86 bits per heavy atom. The number of aliphatic hydroxyl groups excluding tert-OH is 1. The molecule has 0 amide bonds. The average Bonchev–Trinajstić information content (AvgIpc) is 2.04. The van der Waals surface area contributed by atoms with E-state index in [1.54, 1.807) is 0 Å². The van der Waals surface area contributed by atoms with Gasteiger partial charge in [0.25, 0.3) is 5.97 Å². The highest BCUT2D eigenvalue weighted by Gasteiger charge is 2.15. The minimum Gasteiger partial charge on any atom is -0.481 e. The summed E-state index contributed by atoms with van der Waals surface area (Å²) >= 11 is 0. The number of aliphatic carboxylic acids is 1. The van der Waals surface area contributed by atoms with Gasteiger partial charge in [0, 0.05) is 13.5 Å². The summed E-state index contributed by atoms with van der Waals surface area (Å²) < 4.78 is 5.37. The third-order valence-corrected chi connectivity index (χ3v) is 1.37. The molecule has 0 spiro atoms. The number of rotatable bonds is 5. The first-order chi connectivity index (χ1) is 6.35. The normalized spacial score (nSPS) is 10.4. The lowest BCUT2D eigenvalue weighted by molar-refractivity contribution is -0.134. The van der Waals surface area contributed by atoms with E-state index >= 15 is 0 Å². The predicted octanol–water partition coefficient (Wildman–Crippen LogP) is 1.66. The summed E-state index contributed by atoms with van der Waals surface area (Å²) in [4.78, 5) is 9.00. The minimum atomic E-state index is -0.833. The van der Waals surface area contributed by atoms with E-state index in [1.807, 2.05) is 13.8 Å². The molecule has 0 aromatic carbocycles. The van der Waals surface area contributed by atoms with E-state index in [-0.39, 0.29) is 12.2 Å². The molecule has 0 atom stereocenters. The van der Waals surface area contributed by atoms with Gasteiger partial charge < -0.3 is 14.9 Å². The fraction of sp³-hybridized carbons (Fsp3) is 0.900. The number of carboxylic acid groups (broad SMARTS) is 1. The maximum Gasteiger partial charge on any atom is 0.300 e. The van der Waals surface area contributed by atoms with E-state index in [0.29, 0.717) is 0 Å². The Morgan fingerprint density at radius 3 is 2.14 bits per heavy atom. The van der Waals surface area contributed by atoms with Crippen molar-refractivity contribution < 1.29 is 19.7 Å². The van der Waals surface area contributed by atoms with E-state index in [2.05, 4.69) is 6.92 Å². The van der Waals surface area contributed by atoms with E-state index in [9.17, 15) is 0 Å². The molecule has 0 radical (unpaired) electrons. The maximum atomic E-state index is 9.00. The van der Waals surface area contributed by atoms with Crippen molar-refractivity contribution in [2.45, 2.75) is 46.1 Å². The molecule has 0 aromatic heterocycles. The third kappa shape index (κ3) is 17.5. The first kappa shape index (κ1) is 15.8. The highest BCUT2D eigenvalue weighted by Crippen LogP contribution is 2.07. The summed E-state index contributed by atoms with van der Waals surface area (Å²) in [7, 11) is 0. The molecule has 0 saturated carbocycles. The molecule has 0 heterocycles. The summed E-state index contributed by atoms with van der Waals surface area (Å²) in [5, 5.41) is 16.2. The van der Waals surface area contributed by atoms with Gasteiger partial charge in [-0.1, -0.05) is 13.3 Å². The van der Waals surface area contributed by atoms with Crippen LogP contribution in [0.5, 0.6) is 0 Å². The van der Waals surface area contributed by atoms with Gasteiger partial charge in [-0.3, -0.25) is 4.79 Å². The summed E-state index contributed by atoms with van der Waals surface area (Å²) in [6.45, 7) is 7.83. The van der Waals surface area contributed by atoms with Crippen LogP contribution >= 0.6 is 0 Å². The molecule has 0 saturated heterocycles. The minimum absolute atomic E-state index is 0.0940. The predicted molar refractivity (Wildman–Crippen MR) is 55.3 cm³/mol. The van der Waals surface area contributed by atoms with Crippen LogP contribution < -0.4 is 0 Å². The molecule has 0 bridgehead atoms. The van der Waals surface area contributed by atoms with E-state index in [0.717, 1.165) is 26.4 Å². The lowest BCUT2D eigenvalue weighted by Gasteiger charge is -2.22. The molecule has 14 heavy (non-hydrogen) atoms. The van der Waals surface area contributed by atoms with Crippen LogP contribution in [0.15, 0.2) is 0 Å². The molecule has 0 aliphatic heterocycles. The van der Waals surface area contributed by atoms with Crippen LogP contribution in [0, 0.1) is 0 Å². The van der Waals surface area contributed by atoms with Crippen molar-refractivity contribution in [2.24, 2.45) is 0 Å². The van der Waals surface area contributed by atoms with Crippen molar-refractivity contribution in [3.63, 3.8) is 0 Å². The van der Waals surface area contributed by atoms with Gasteiger partial charge in [-0.05, 0) is 20.3 Å². The van der Waals surface area contributed by atoms with Crippen molar-refractivity contribution >= 4 is 5.97 Å². The average molecular weight is 206 g/mol. The van der Waals surface area contributed by atoms with Crippen molar-refractivity contribution in [3.05, 3.63) is 0 Å². The van der Waals surface area contributed by atoms with Crippen LogP contribution in [0.25, 0.3) is 0 Å². The quantitative estimate of drug-likeness (QED) is 0.671. The fourth-order valence-corrected chi connectivity index (χ4v) is 0.538. The molecular weight excluding hydrogens is 184 g/mol. The Morgan fingerprint density at radius 1 is 1.43 bits per heavy atom. The first-order valence-electron chi connectivity index (χ1n) is 4.80. The number of ether oxygens (including phenoxy) is 1. The molecule has 86 valence electrons. The highest BCUT2D eigenvalue weighted by molar-refractivity contribution is 5.62. The second-order valence-electron chi connectivity index (χ2n) is 3.64. The molecule has 4 nitrogen and oxygen atoms in total. The van der Waals surface area contributed by atoms with Gasteiger partial charge >= 0.3 is 0 Å². The van der Waals surface area contributed by atoms with Crippen molar-refractivity contribution in [3.8, 4) is 0 Å². The molecule has 0 aliphatic rings. The van der Waals surface area contributed by atoms with Crippen molar-refractivity contribution in [1.82, 2.24) is 0 Å². The van der Waals surface area contributed by atoms with E-state index < -0.39 is 5.97 Å². The second kappa shape index (κ2) is 8.97. The molecule has 0 aliphatic carbocycles. The lowest BCUT2D eigenvalue weighted by atomic mass is 10.1. The Labute approximate surface area is 85.9 Å². The number of carboxylic acids is 1. The number of aliphatic hydroxyl groups is 1. The first-order valence-corrected chi connectivity index (χ1v) is 4.80. The maximum absolute atomic E-state index is 9.00. The Kier molecular flexibility index (Phi) is 10.1. The Balaban J connectivity index is 0. The zero-order chi connectivity index (χ0) is 11.6. The molecule has 0 unspecified atom stereocenters. The summed E-state index contributed by atoms with van der Waals surface area (Å²) in [6, 6.07) is 0. The SMILES string of the molecule is CC(=O)O.CCCCOC(C)(C)CO. The number of unbranched alkanes of at least 4 members (excludes halogenated alkanes) is 1. The molecule has 0 fully saturated rings. The van der Waals surface area contributed by atoms with Gasteiger partial charge in [-0.15, -0.1) is 0 Å². The zero-order valence-corrected chi connectivity index (χ0v) is 9.54. The van der Waals surface area contributed by atoms with Crippen LogP contribution in [0.1, 0.15) is 40.5 Å². The topological polar surface area (TPSA) is 66.8 Å². The monoisotopic (exact) mass is 206 g/mol. The van der Waals surface area contributed by atoms with Gasteiger partial charge in [0.1, 0.15) is 0 Å². The molecule has 0 rings (SSSR count). The number of hydrogen-bond donors (Lipinski definition) is 2. The zero-order valence-electron chi connectivity index (χ0n) is 9.54. The van der Waals surface area contributed by atoms with Crippen LogP contribution in [0.3, 0.4) is 0 Å². The van der Waals surface area contributed by atoms with Gasteiger partial charge in [0.05, 0.1) is 12.2 Å². The third-order valence-electron chi connectivity index (χ3n) is 1.37. The standard InChI is InChI=1S/C8H18O2.C2H4O2/c1-4-5-6-10-8(2,3)7-9;1-2(3)4/h9H,4-7H2,1-3H3;1H3,(H,3,4). The van der Waals surface area contributed by atoms with Crippen molar-refractivity contribution in [1.29, 1.82) is 0 Å². The van der Waals surface area contributed by atoms with Crippen molar-refractivity contribution in [2.75, 3.05) is 13.2 Å².